The fourth-order valence-corrected chi connectivity index (χ4v) is 8.10. The van der Waals surface area contributed by atoms with E-state index in [2.05, 4.69) is 23.7 Å². The zero-order valence-electron chi connectivity index (χ0n) is 10.5. The molecule has 0 saturated carbocycles. The van der Waals surface area contributed by atoms with E-state index in [0.717, 1.165) is 39.1 Å². The fraction of sp³-hybridized carbons (Fsp3) is 0.714. The van der Waals surface area contributed by atoms with Crippen LogP contribution < -0.4 is 0 Å². The Morgan fingerprint density at radius 2 is 1.12 bits per heavy atom. The maximum absolute atomic E-state index is 3.13. The molecule has 2 heteroatoms. The first-order valence-electron chi connectivity index (χ1n) is 5.95. The molecule has 0 unspecified atom stereocenters. The zero-order valence-corrected chi connectivity index (χ0v) is 13.9. The van der Waals surface area contributed by atoms with E-state index in [1.165, 1.54) is 36.3 Å². The summed E-state index contributed by atoms with van der Waals surface area (Å²) in [6, 6.07) is 0. The zero-order chi connectivity index (χ0) is 11.9. The molecular weight excluding hydrogens is 326 g/mol. The van der Waals surface area contributed by atoms with Crippen LogP contribution in [0, 0.1) is 23.7 Å². The monoisotopic (exact) mass is 350 g/mol. The van der Waals surface area contributed by atoms with Gasteiger partial charge in [0, 0.05) is 0 Å². The number of hydrogen-bond donors (Lipinski definition) is 0. The Labute approximate surface area is 113 Å². The molecule has 16 heavy (non-hydrogen) atoms. The standard InChI is InChI=1S/C14H22Se2/c1-3-5-7-9-11-13-15-16-14-12-10-8-6-4-2/h7-14H2,1-2H3. The third kappa shape index (κ3) is 14.2. The Balaban J connectivity index is 2.96. The summed E-state index contributed by atoms with van der Waals surface area (Å²) in [6.07, 6.45) is 7.63. The van der Waals surface area contributed by atoms with E-state index < -0.39 is 0 Å². The first-order valence-corrected chi connectivity index (χ1v) is 12.7. The first kappa shape index (κ1) is 16.2. The van der Waals surface area contributed by atoms with E-state index in [1.54, 1.807) is 0 Å². The topological polar surface area (TPSA) is 0 Å². The molecule has 0 rings (SSSR count). The van der Waals surface area contributed by atoms with Crippen LogP contribution in [-0.4, -0.2) is 26.3 Å². The van der Waals surface area contributed by atoms with Gasteiger partial charge in [-0.15, -0.1) is 0 Å². The van der Waals surface area contributed by atoms with Gasteiger partial charge in [-0.05, 0) is 0 Å². The molecule has 0 bridgehead atoms. The molecule has 0 aromatic rings. The predicted octanol–water partition coefficient (Wildman–Crippen LogP) is 3.53. The number of hydrogen-bond acceptors (Lipinski definition) is 0. The van der Waals surface area contributed by atoms with Crippen molar-refractivity contribution in [2.24, 2.45) is 0 Å². The van der Waals surface area contributed by atoms with E-state index in [-0.39, 0.29) is 0 Å². The van der Waals surface area contributed by atoms with Crippen LogP contribution in [0.4, 0.5) is 0 Å². The molecule has 0 N–H and O–H groups in total. The van der Waals surface area contributed by atoms with Crippen molar-refractivity contribution in [3.8, 4) is 23.7 Å². The van der Waals surface area contributed by atoms with Crippen molar-refractivity contribution in [3.63, 3.8) is 0 Å². The van der Waals surface area contributed by atoms with Gasteiger partial charge in [0.15, 0.2) is 0 Å². The normalized spacial score (nSPS) is 8.88. The predicted molar refractivity (Wildman–Crippen MR) is 75.7 cm³/mol. The minimum atomic E-state index is 0.947. The van der Waals surface area contributed by atoms with E-state index in [4.69, 9.17) is 0 Å². The summed E-state index contributed by atoms with van der Waals surface area (Å²) in [5.41, 5.74) is 0. The maximum atomic E-state index is 3.13. The van der Waals surface area contributed by atoms with Gasteiger partial charge >= 0.3 is 113 Å². The van der Waals surface area contributed by atoms with Crippen molar-refractivity contribution < 1.29 is 0 Å². The Morgan fingerprint density at radius 3 is 1.50 bits per heavy atom. The van der Waals surface area contributed by atoms with Gasteiger partial charge in [-0.3, -0.25) is 0 Å². The van der Waals surface area contributed by atoms with Crippen LogP contribution in [0.5, 0.6) is 0 Å². The van der Waals surface area contributed by atoms with Crippen molar-refractivity contribution in [1.29, 1.82) is 0 Å². The molecule has 0 nitrogen and oxygen atoms in total. The van der Waals surface area contributed by atoms with Crippen molar-refractivity contribution in [2.45, 2.75) is 63.0 Å². The van der Waals surface area contributed by atoms with Crippen LogP contribution in [0.1, 0.15) is 52.4 Å². The molecule has 0 heterocycles. The van der Waals surface area contributed by atoms with Crippen molar-refractivity contribution >= 4 is 26.3 Å². The average molecular weight is 348 g/mol. The molecule has 0 aromatic carbocycles. The van der Waals surface area contributed by atoms with E-state index in [1.807, 2.05) is 13.8 Å². The summed E-state index contributed by atoms with van der Waals surface area (Å²) in [5, 5.41) is 2.96. The van der Waals surface area contributed by atoms with Crippen LogP contribution >= 0.6 is 0 Å². The Bertz CT molecular complexity index is 221. The van der Waals surface area contributed by atoms with Crippen LogP contribution in [0.2, 0.25) is 10.6 Å². The molecule has 90 valence electrons. The summed E-state index contributed by atoms with van der Waals surface area (Å²) in [5.74, 6) is 12.2. The van der Waals surface area contributed by atoms with E-state index >= 15 is 0 Å². The second-order valence-electron chi connectivity index (χ2n) is 3.41. The molecule has 0 amide bonds. The van der Waals surface area contributed by atoms with E-state index in [9.17, 15) is 0 Å². The second-order valence-corrected chi connectivity index (χ2v) is 11.3. The molecule has 0 aliphatic heterocycles. The van der Waals surface area contributed by atoms with Gasteiger partial charge in [0.05, 0.1) is 0 Å². The summed E-state index contributed by atoms with van der Waals surface area (Å²) in [6.45, 7) is 3.85. The van der Waals surface area contributed by atoms with Crippen LogP contribution in [0.15, 0.2) is 0 Å². The molecular formula is C14H22Se2. The Hall–Kier alpha value is 0.159. The van der Waals surface area contributed by atoms with Crippen molar-refractivity contribution in [1.82, 2.24) is 0 Å². The summed E-state index contributed by atoms with van der Waals surface area (Å²) < 4.78 is 0. The van der Waals surface area contributed by atoms with Gasteiger partial charge in [0.2, 0.25) is 0 Å². The van der Waals surface area contributed by atoms with Crippen LogP contribution in [-0.2, 0) is 0 Å². The SMILES string of the molecule is CC#CCCCC[Se][Se]CCCCC#CC. The van der Waals surface area contributed by atoms with E-state index in [0.29, 0.717) is 0 Å². The molecule has 0 aliphatic carbocycles. The first-order chi connectivity index (χ1) is 7.91. The van der Waals surface area contributed by atoms with Crippen molar-refractivity contribution in [2.75, 3.05) is 0 Å². The quantitative estimate of drug-likeness (QED) is 0.340. The van der Waals surface area contributed by atoms with Gasteiger partial charge in [-0.25, -0.2) is 0 Å². The van der Waals surface area contributed by atoms with Gasteiger partial charge < -0.3 is 0 Å². The Morgan fingerprint density at radius 1 is 0.688 bits per heavy atom. The third-order valence-corrected chi connectivity index (χ3v) is 9.71. The van der Waals surface area contributed by atoms with Gasteiger partial charge in [-0.2, -0.15) is 0 Å². The average Bonchev–Trinajstić information content (AvgIpc) is 2.31. The number of unbranched alkanes of at least 4 members (excludes halogenated alkanes) is 4. The second kappa shape index (κ2) is 15.2. The molecule has 0 spiro atoms. The van der Waals surface area contributed by atoms with Gasteiger partial charge in [-0.1, -0.05) is 0 Å². The van der Waals surface area contributed by atoms with Crippen LogP contribution in [0.25, 0.3) is 0 Å². The summed E-state index contributed by atoms with van der Waals surface area (Å²) in [4.78, 5) is 0. The summed E-state index contributed by atoms with van der Waals surface area (Å²) >= 11 is 1.89. The molecule has 0 aromatic heterocycles. The number of rotatable bonds is 9. The Kier molecular flexibility index (Phi) is 15.3. The van der Waals surface area contributed by atoms with Gasteiger partial charge in [0.1, 0.15) is 0 Å². The third-order valence-electron chi connectivity index (χ3n) is 2.00. The van der Waals surface area contributed by atoms with Gasteiger partial charge in [0.25, 0.3) is 0 Å². The summed E-state index contributed by atoms with van der Waals surface area (Å²) in [7, 11) is 0. The van der Waals surface area contributed by atoms with Crippen LogP contribution in [0.3, 0.4) is 0 Å². The minimum absolute atomic E-state index is 0.947. The fourth-order valence-electron chi connectivity index (χ4n) is 1.12. The molecule has 0 aliphatic rings. The molecule has 0 atom stereocenters. The molecule has 0 saturated heterocycles. The molecule has 0 fully saturated rings. The van der Waals surface area contributed by atoms with Crippen molar-refractivity contribution in [3.05, 3.63) is 0 Å². The molecule has 0 radical (unpaired) electrons.